The Morgan fingerprint density at radius 3 is 2.68 bits per heavy atom. The van der Waals surface area contributed by atoms with E-state index in [4.69, 9.17) is 4.74 Å². The number of rotatable bonds is 2. The van der Waals surface area contributed by atoms with Gasteiger partial charge in [-0.25, -0.2) is 8.78 Å². The van der Waals surface area contributed by atoms with E-state index >= 15 is 0 Å². The normalized spacial score (nSPS) is 18.8. The van der Waals surface area contributed by atoms with E-state index in [0.717, 1.165) is 11.6 Å². The van der Waals surface area contributed by atoms with Crippen LogP contribution in [-0.2, 0) is 6.42 Å². The van der Waals surface area contributed by atoms with Crippen LogP contribution in [-0.4, -0.2) is 11.2 Å². The minimum absolute atomic E-state index is 0.0715. The predicted octanol–water partition coefficient (Wildman–Crippen LogP) is 3.00. The summed E-state index contributed by atoms with van der Waals surface area (Å²) in [6.07, 6.45) is -1.30. The average Bonchev–Trinajstić information content (AvgIpc) is 2.85. The van der Waals surface area contributed by atoms with Gasteiger partial charge in [-0.3, -0.25) is 0 Å². The Labute approximate surface area is 109 Å². The summed E-state index contributed by atoms with van der Waals surface area (Å²) in [5.74, 6) is -1.30. The quantitative estimate of drug-likeness (QED) is 0.901. The fourth-order valence-electron chi connectivity index (χ4n) is 2.33. The lowest BCUT2D eigenvalue weighted by Crippen LogP contribution is -2.24. The molecule has 0 aromatic heterocycles. The molecule has 2 aromatic rings. The van der Waals surface area contributed by atoms with E-state index in [1.54, 1.807) is 6.07 Å². The number of halogens is 2. The molecule has 0 aliphatic carbocycles. The highest BCUT2D eigenvalue weighted by Gasteiger charge is 2.31. The molecule has 0 saturated carbocycles. The van der Waals surface area contributed by atoms with E-state index in [9.17, 15) is 13.9 Å². The van der Waals surface area contributed by atoms with Crippen LogP contribution in [0, 0.1) is 11.6 Å². The highest BCUT2D eigenvalue weighted by molar-refractivity contribution is 5.38. The van der Waals surface area contributed by atoms with Crippen molar-refractivity contribution in [1.29, 1.82) is 0 Å². The number of hydrogen-bond acceptors (Lipinski definition) is 2. The van der Waals surface area contributed by atoms with Gasteiger partial charge in [0.1, 0.15) is 18.0 Å². The van der Waals surface area contributed by atoms with Crippen LogP contribution in [0.3, 0.4) is 0 Å². The van der Waals surface area contributed by atoms with Gasteiger partial charge in [0.2, 0.25) is 0 Å². The summed E-state index contributed by atoms with van der Waals surface area (Å²) < 4.78 is 32.4. The SMILES string of the molecule is OC(c1cccc(F)c1F)C1Cc2ccccc2O1. The molecule has 3 rings (SSSR count). The van der Waals surface area contributed by atoms with Crippen molar-refractivity contribution < 1.29 is 18.6 Å². The molecule has 1 N–H and O–H groups in total. The molecule has 1 aliphatic rings. The van der Waals surface area contributed by atoms with E-state index in [1.165, 1.54) is 12.1 Å². The summed E-state index contributed by atoms with van der Waals surface area (Å²) in [5.41, 5.74) is 0.890. The zero-order valence-electron chi connectivity index (χ0n) is 10.0. The molecule has 2 aromatic carbocycles. The molecule has 0 amide bonds. The molecule has 2 nitrogen and oxygen atoms in total. The van der Waals surface area contributed by atoms with Gasteiger partial charge >= 0.3 is 0 Å². The average molecular weight is 262 g/mol. The molecule has 1 aliphatic heterocycles. The summed E-state index contributed by atoms with van der Waals surface area (Å²) >= 11 is 0. The van der Waals surface area contributed by atoms with Gasteiger partial charge in [0.05, 0.1) is 0 Å². The van der Waals surface area contributed by atoms with Crippen LogP contribution in [0.5, 0.6) is 5.75 Å². The van der Waals surface area contributed by atoms with Crippen LogP contribution in [0.2, 0.25) is 0 Å². The van der Waals surface area contributed by atoms with Crippen LogP contribution >= 0.6 is 0 Å². The van der Waals surface area contributed by atoms with Gasteiger partial charge in [-0.15, -0.1) is 0 Å². The van der Waals surface area contributed by atoms with E-state index in [0.29, 0.717) is 12.2 Å². The lowest BCUT2D eigenvalue weighted by molar-refractivity contribution is 0.0462. The molecule has 0 radical (unpaired) electrons. The Balaban J connectivity index is 1.87. The maximum atomic E-state index is 13.6. The van der Waals surface area contributed by atoms with Crippen molar-refractivity contribution >= 4 is 0 Å². The van der Waals surface area contributed by atoms with Crippen LogP contribution in [0.1, 0.15) is 17.2 Å². The Hall–Kier alpha value is -1.94. The minimum atomic E-state index is -1.19. The van der Waals surface area contributed by atoms with Crippen LogP contribution < -0.4 is 4.74 Å². The van der Waals surface area contributed by atoms with Gasteiger partial charge < -0.3 is 9.84 Å². The first-order valence-corrected chi connectivity index (χ1v) is 6.03. The van der Waals surface area contributed by atoms with E-state index in [-0.39, 0.29) is 5.56 Å². The number of para-hydroxylation sites is 1. The van der Waals surface area contributed by atoms with E-state index in [2.05, 4.69) is 0 Å². The molecule has 0 bridgehead atoms. The van der Waals surface area contributed by atoms with Gasteiger partial charge in [0, 0.05) is 12.0 Å². The third-order valence-electron chi connectivity index (χ3n) is 3.32. The van der Waals surface area contributed by atoms with Crippen LogP contribution in [0.25, 0.3) is 0 Å². The maximum absolute atomic E-state index is 13.6. The van der Waals surface area contributed by atoms with Crippen molar-refractivity contribution in [3.8, 4) is 5.75 Å². The first-order valence-electron chi connectivity index (χ1n) is 6.03. The Kier molecular flexibility index (Phi) is 2.95. The second-order valence-electron chi connectivity index (χ2n) is 4.56. The summed E-state index contributed by atoms with van der Waals surface area (Å²) in [6.45, 7) is 0. The number of aliphatic hydroxyl groups is 1. The van der Waals surface area contributed by atoms with Crippen LogP contribution in [0.4, 0.5) is 8.78 Å². The molecule has 0 fully saturated rings. The standard InChI is InChI=1S/C15H12F2O2/c16-11-6-3-5-10(14(11)17)15(18)13-8-9-4-1-2-7-12(9)19-13/h1-7,13,15,18H,8H2. The van der Waals surface area contributed by atoms with Gasteiger partial charge in [0.15, 0.2) is 11.6 Å². The highest BCUT2D eigenvalue weighted by Crippen LogP contribution is 2.34. The Bertz CT molecular complexity index is 588. The fourth-order valence-corrected chi connectivity index (χ4v) is 2.33. The van der Waals surface area contributed by atoms with E-state index < -0.39 is 23.8 Å². The first kappa shape index (κ1) is 12.1. The molecule has 0 saturated heterocycles. The van der Waals surface area contributed by atoms with E-state index in [1.807, 2.05) is 18.2 Å². The molecular weight excluding hydrogens is 250 g/mol. The Morgan fingerprint density at radius 2 is 1.89 bits per heavy atom. The van der Waals surface area contributed by atoms with Gasteiger partial charge in [0.25, 0.3) is 0 Å². The van der Waals surface area contributed by atoms with Crippen molar-refractivity contribution in [3.63, 3.8) is 0 Å². The summed E-state index contributed by atoms with van der Waals surface area (Å²) in [6, 6.07) is 11.2. The number of hydrogen-bond donors (Lipinski definition) is 1. The predicted molar refractivity (Wildman–Crippen MR) is 65.9 cm³/mol. The molecule has 1 heterocycles. The molecule has 2 atom stereocenters. The second kappa shape index (κ2) is 4.63. The number of benzene rings is 2. The van der Waals surface area contributed by atoms with Gasteiger partial charge in [-0.1, -0.05) is 30.3 Å². The molecule has 98 valence electrons. The minimum Gasteiger partial charge on any atom is -0.487 e. The van der Waals surface area contributed by atoms with Gasteiger partial charge in [-0.2, -0.15) is 0 Å². The number of fused-ring (bicyclic) bond motifs is 1. The molecule has 0 spiro atoms. The van der Waals surface area contributed by atoms with Crippen molar-refractivity contribution in [2.75, 3.05) is 0 Å². The molecular formula is C15H12F2O2. The van der Waals surface area contributed by atoms with Crippen molar-refractivity contribution in [2.24, 2.45) is 0 Å². The largest absolute Gasteiger partial charge is 0.487 e. The lowest BCUT2D eigenvalue weighted by atomic mass is 10.00. The first-order chi connectivity index (χ1) is 9.16. The third-order valence-corrected chi connectivity index (χ3v) is 3.32. The Morgan fingerprint density at radius 1 is 1.11 bits per heavy atom. The topological polar surface area (TPSA) is 29.5 Å². The van der Waals surface area contributed by atoms with Crippen molar-refractivity contribution in [1.82, 2.24) is 0 Å². The lowest BCUT2D eigenvalue weighted by Gasteiger charge is -2.19. The smallest absolute Gasteiger partial charge is 0.164 e. The molecule has 19 heavy (non-hydrogen) atoms. The summed E-state index contributed by atoms with van der Waals surface area (Å²) in [5, 5.41) is 10.2. The highest BCUT2D eigenvalue weighted by atomic mass is 19.2. The summed E-state index contributed by atoms with van der Waals surface area (Å²) in [7, 11) is 0. The van der Waals surface area contributed by atoms with Crippen molar-refractivity contribution in [3.05, 3.63) is 65.2 Å². The number of aliphatic hydroxyl groups excluding tert-OH is 1. The summed E-state index contributed by atoms with van der Waals surface area (Å²) in [4.78, 5) is 0. The van der Waals surface area contributed by atoms with Gasteiger partial charge in [-0.05, 0) is 17.7 Å². The zero-order chi connectivity index (χ0) is 13.4. The van der Waals surface area contributed by atoms with Crippen LogP contribution in [0.15, 0.2) is 42.5 Å². The maximum Gasteiger partial charge on any atom is 0.164 e. The third kappa shape index (κ3) is 2.08. The second-order valence-corrected chi connectivity index (χ2v) is 4.56. The molecule has 4 heteroatoms. The molecule has 2 unspecified atom stereocenters. The fraction of sp³-hybridized carbons (Fsp3) is 0.200. The number of ether oxygens (including phenoxy) is 1. The zero-order valence-corrected chi connectivity index (χ0v) is 10.0. The monoisotopic (exact) mass is 262 g/mol. The van der Waals surface area contributed by atoms with Crippen molar-refractivity contribution in [2.45, 2.75) is 18.6 Å².